The summed E-state index contributed by atoms with van der Waals surface area (Å²) in [6, 6.07) is 6.09. The molecule has 0 saturated heterocycles. The number of nitrogens with one attached hydrogen (secondary N) is 1. The van der Waals surface area contributed by atoms with Crippen LogP contribution in [0.1, 0.15) is 42.4 Å². The highest BCUT2D eigenvalue weighted by atomic mass is 16.2. The minimum absolute atomic E-state index is 0.00828. The van der Waals surface area contributed by atoms with Gasteiger partial charge in [-0.3, -0.25) is 4.79 Å². The van der Waals surface area contributed by atoms with Crippen molar-refractivity contribution >= 4 is 17.9 Å². The molecule has 22 heavy (non-hydrogen) atoms. The molecule has 1 fully saturated rings. The molecule has 0 spiro atoms. The van der Waals surface area contributed by atoms with Crippen LogP contribution in [0.25, 0.3) is 5.70 Å². The van der Waals surface area contributed by atoms with Crippen molar-refractivity contribution < 1.29 is 9.59 Å². The summed E-state index contributed by atoms with van der Waals surface area (Å²) in [5, 5.41) is 2.75. The Balaban J connectivity index is 2.00. The lowest BCUT2D eigenvalue weighted by Gasteiger charge is -2.29. The molecule has 2 aliphatic rings. The minimum Gasteiger partial charge on any atom is -0.357 e. The van der Waals surface area contributed by atoms with E-state index in [9.17, 15) is 9.59 Å². The van der Waals surface area contributed by atoms with E-state index in [1.807, 2.05) is 0 Å². The van der Waals surface area contributed by atoms with E-state index < -0.39 is 0 Å². The first-order valence-corrected chi connectivity index (χ1v) is 7.90. The van der Waals surface area contributed by atoms with Gasteiger partial charge in [0, 0.05) is 31.3 Å². The zero-order chi connectivity index (χ0) is 15.7. The van der Waals surface area contributed by atoms with Crippen molar-refractivity contribution in [3.63, 3.8) is 0 Å². The van der Waals surface area contributed by atoms with Gasteiger partial charge >= 0.3 is 0 Å². The first-order chi connectivity index (χ1) is 10.7. The summed E-state index contributed by atoms with van der Waals surface area (Å²) in [4.78, 5) is 25.3. The largest absolute Gasteiger partial charge is 0.357 e. The highest BCUT2D eigenvalue weighted by molar-refractivity contribution is 5.86. The Morgan fingerprint density at radius 3 is 2.82 bits per heavy atom. The molecule has 1 aliphatic heterocycles. The molecule has 1 atom stereocenters. The Hall–Kier alpha value is -2.10. The number of amides is 1. The first kappa shape index (κ1) is 14.8. The van der Waals surface area contributed by atoms with Crippen molar-refractivity contribution in [1.29, 1.82) is 0 Å². The van der Waals surface area contributed by atoms with Gasteiger partial charge in [0.15, 0.2) is 0 Å². The van der Waals surface area contributed by atoms with Crippen LogP contribution in [0.15, 0.2) is 23.8 Å². The summed E-state index contributed by atoms with van der Waals surface area (Å²) in [6.07, 6.45) is 4.11. The lowest BCUT2D eigenvalue weighted by Crippen LogP contribution is -2.43. The fourth-order valence-corrected chi connectivity index (χ4v) is 3.32. The topological polar surface area (TPSA) is 49.4 Å². The van der Waals surface area contributed by atoms with Crippen molar-refractivity contribution in [3.8, 4) is 0 Å². The quantitative estimate of drug-likeness (QED) is 0.849. The van der Waals surface area contributed by atoms with Gasteiger partial charge in [-0.25, -0.2) is 0 Å². The van der Waals surface area contributed by atoms with Gasteiger partial charge < -0.3 is 15.0 Å². The SMILES string of the molecule is CNC(=O)C(CCC=O)N1Cc2c(C)cccc2C1=C1CC1. The van der Waals surface area contributed by atoms with E-state index in [0.29, 0.717) is 12.8 Å². The third kappa shape index (κ3) is 2.54. The summed E-state index contributed by atoms with van der Waals surface area (Å²) in [5.74, 6) is -0.00828. The molecule has 1 unspecified atom stereocenters. The number of carbonyl (C=O) groups is 2. The number of aryl methyl sites for hydroxylation is 1. The Bertz CT molecular complexity index is 642. The molecule has 1 heterocycles. The van der Waals surface area contributed by atoms with Crippen LogP contribution >= 0.6 is 0 Å². The third-order valence-corrected chi connectivity index (χ3v) is 4.60. The molecule has 0 bridgehead atoms. The predicted octanol–water partition coefficient (Wildman–Crippen LogP) is 2.41. The standard InChI is InChI=1S/C18H22N2O2/c1-12-5-3-6-14-15(12)11-20(17(14)13-8-9-13)16(7-4-10-21)18(22)19-2/h3,5-6,10,16H,4,7-9,11H2,1-2H3,(H,19,22). The predicted molar refractivity (Wildman–Crippen MR) is 86.0 cm³/mol. The van der Waals surface area contributed by atoms with Crippen LogP contribution in [0.3, 0.4) is 0 Å². The van der Waals surface area contributed by atoms with Crippen molar-refractivity contribution in [2.24, 2.45) is 0 Å². The number of allylic oxidation sites excluding steroid dienone is 1. The smallest absolute Gasteiger partial charge is 0.242 e. The Labute approximate surface area is 131 Å². The Kier molecular flexibility index (Phi) is 4.01. The van der Waals surface area contributed by atoms with Crippen LogP contribution in [0.5, 0.6) is 0 Å². The maximum atomic E-state index is 12.3. The van der Waals surface area contributed by atoms with Crippen molar-refractivity contribution in [2.45, 2.75) is 45.2 Å². The fraction of sp³-hybridized carbons (Fsp3) is 0.444. The van der Waals surface area contributed by atoms with E-state index in [1.165, 1.54) is 28.0 Å². The zero-order valence-corrected chi connectivity index (χ0v) is 13.2. The number of rotatable bonds is 5. The molecule has 1 aliphatic carbocycles. The maximum Gasteiger partial charge on any atom is 0.242 e. The number of nitrogens with zero attached hydrogens (tertiary/aromatic N) is 1. The normalized spacial score (nSPS) is 17.3. The van der Waals surface area contributed by atoms with Gasteiger partial charge in [-0.1, -0.05) is 18.2 Å². The van der Waals surface area contributed by atoms with Gasteiger partial charge in [0.2, 0.25) is 5.91 Å². The van der Waals surface area contributed by atoms with Crippen molar-refractivity contribution in [3.05, 3.63) is 40.5 Å². The van der Waals surface area contributed by atoms with Crippen molar-refractivity contribution in [1.82, 2.24) is 10.2 Å². The highest BCUT2D eigenvalue weighted by Crippen LogP contribution is 2.45. The van der Waals surface area contributed by atoms with E-state index in [-0.39, 0.29) is 11.9 Å². The van der Waals surface area contributed by atoms with Gasteiger partial charge in [-0.05, 0) is 42.9 Å². The maximum absolute atomic E-state index is 12.3. The van der Waals surface area contributed by atoms with E-state index in [4.69, 9.17) is 0 Å². The molecule has 4 nitrogen and oxygen atoms in total. The van der Waals surface area contributed by atoms with Crippen LogP contribution in [-0.2, 0) is 16.1 Å². The molecule has 1 aromatic carbocycles. The number of carbonyl (C=O) groups excluding carboxylic acids is 2. The van der Waals surface area contributed by atoms with Crippen LogP contribution < -0.4 is 5.32 Å². The number of hydrogen-bond acceptors (Lipinski definition) is 3. The molecular weight excluding hydrogens is 276 g/mol. The first-order valence-electron chi connectivity index (χ1n) is 7.90. The van der Waals surface area contributed by atoms with Crippen molar-refractivity contribution in [2.75, 3.05) is 7.05 Å². The number of fused-ring (bicyclic) bond motifs is 1. The minimum atomic E-state index is -0.273. The van der Waals surface area contributed by atoms with Crippen LogP contribution in [-0.4, -0.2) is 30.2 Å². The second-order valence-electron chi connectivity index (χ2n) is 6.06. The number of benzene rings is 1. The van der Waals surface area contributed by atoms with Gasteiger partial charge in [-0.2, -0.15) is 0 Å². The third-order valence-electron chi connectivity index (χ3n) is 4.60. The monoisotopic (exact) mass is 298 g/mol. The lowest BCUT2D eigenvalue weighted by atomic mass is 10.0. The van der Waals surface area contributed by atoms with Gasteiger partial charge in [0.05, 0.1) is 0 Å². The Morgan fingerprint density at radius 1 is 1.41 bits per heavy atom. The van der Waals surface area contributed by atoms with Gasteiger partial charge in [-0.15, -0.1) is 0 Å². The molecule has 1 aromatic rings. The molecule has 1 amide bonds. The summed E-state index contributed by atoms with van der Waals surface area (Å²) < 4.78 is 0. The molecular formula is C18H22N2O2. The van der Waals surface area contributed by atoms with Crippen LogP contribution in [0.4, 0.5) is 0 Å². The molecule has 1 N–H and O–H groups in total. The summed E-state index contributed by atoms with van der Waals surface area (Å²) in [5.41, 5.74) is 6.52. The number of hydrogen-bond donors (Lipinski definition) is 1. The summed E-state index contributed by atoms with van der Waals surface area (Å²) >= 11 is 0. The van der Waals surface area contributed by atoms with Gasteiger partial charge in [0.25, 0.3) is 0 Å². The fourth-order valence-electron chi connectivity index (χ4n) is 3.32. The van der Waals surface area contributed by atoms with E-state index in [2.05, 4.69) is 35.3 Å². The van der Waals surface area contributed by atoms with Crippen LogP contribution in [0, 0.1) is 6.92 Å². The molecule has 4 heteroatoms. The van der Waals surface area contributed by atoms with E-state index >= 15 is 0 Å². The molecule has 116 valence electrons. The average Bonchev–Trinajstić information content (AvgIpc) is 3.28. The Morgan fingerprint density at radius 2 is 2.18 bits per heavy atom. The summed E-state index contributed by atoms with van der Waals surface area (Å²) in [7, 11) is 1.66. The number of likely N-dealkylation sites (N-methyl/N-ethyl adjacent to an activating group) is 1. The highest BCUT2D eigenvalue weighted by Gasteiger charge is 2.37. The molecule has 0 aromatic heterocycles. The van der Waals surface area contributed by atoms with E-state index in [0.717, 1.165) is 25.7 Å². The average molecular weight is 298 g/mol. The lowest BCUT2D eigenvalue weighted by molar-refractivity contribution is -0.125. The molecule has 3 rings (SSSR count). The number of aldehydes is 1. The summed E-state index contributed by atoms with van der Waals surface area (Å²) in [6.45, 7) is 2.88. The molecule has 1 saturated carbocycles. The zero-order valence-electron chi connectivity index (χ0n) is 13.2. The second-order valence-corrected chi connectivity index (χ2v) is 6.06. The molecule has 0 radical (unpaired) electrons. The van der Waals surface area contributed by atoms with E-state index in [1.54, 1.807) is 7.05 Å². The van der Waals surface area contributed by atoms with Gasteiger partial charge in [0.1, 0.15) is 12.3 Å². The second kappa shape index (κ2) is 5.95. The van der Waals surface area contributed by atoms with Crippen LogP contribution in [0.2, 0.25) is 0 Å².